The molecule has 0 bridgehead atoms. The van der Waals surface area contributed by atoms with Crippen molar-refractivity contribution in [3.63, 3.8) is 0 Å². The summed E-state index contributed by atoms with van der Waals surface area (Å²) in [6.45, 7) is 0. The van der Waals surface area contributed by atoms with E-state index in [4.69, 9.17) is 11.6 Å². The Morgan fingerprint density at radius 3 is 2.19 bits per heavy atom. The summed E-state index contributed by atoms with van der Waals surface area (Å²) in [4.78, 5) is 18.6. The summed E-state index contributed by atoms with van der Waals surface area (Å²) < 4.78 is 24.9. The van der Waals surface area contributed by atoms with E-state index >= 15 is 0 Å². The van der Waals surface area contributed by atoms with Crippen LogP contribution in [0.3, 0.4) is 0 Å². The van der Waals surface area contributed by atoms with E-state index < -0.39 is 22.8 Å². The number of hydrogen-bond donors (Lipinski definition) is 0. The van der Waals surface area contributed by atoms with Gasteiger partial charge in [0, 0.05) is 10.6 Å². The topological polar surface area (TPSA) is 34.1 Å². The molecule has 0 amide bonds. The van der Waals surface area contributed by atoms with Crippen molar-refractivity contribution < 1.29 is 18.4 Å². The van der Waals surface area contributed by atoms with Gasteiger partial charge in [-0.3, -0.25) is 9.59 Å². The molecule has 0 aliphatic heterocycles. The molecule has 2 nitrogen and oxygen atoms in total. The fourth-order valence-electron chi connectivity index (χ4n) is 0.984. The largest absolute Gasteiger partial charge is 0.359 e. The Balaban J connectivity index is 2.74. The number of Topliss-reactive ketones (excluding diaryl/α,β-unsaturated/α-hetero) is 2. The van der Waals surface area contributed by atoms with Gasteiger partial charge in [0.2, 0.25) is 5.78 Å². The molecule has 0 saturated heterocycles. The van der Waals surface area contributed by atoms with Crippen LogP contribution in [0.4, 0.5) is 8.78 Å². The van der Waals surface area contributed by atoms with E-state index in [9.17, 15) is 18.4 Å². The van der Waals surface area contributed by atoms with Crippen LogP contribution in [0.15, 0.2) is 24.3 Å². The zero-order chi connectivity index (χ0) is 12.3. The van der Waals surface area contributed by atoms with Crippen LogP contribution in [0.1, 0.15) is 16.8 Å². The van der Waals surface area contributed by atoms with Gasteiger partial charge in [0.15, 0.2) is 5.78 Å². The van der Waals surface area contributed by atoms with Gasteiger partial charge in [-0.1, -0.05) is 11.6 Å². The minimum atomic E-state index is -3.66. The summed E-state index contributed by atoms with van der Waals surface area (Å²) in [5, 5.41) is 0.425. The molecule has 0 aliphatic rings. The van der Waals surface area contributed by atoms with Crippen molar-refractivity contribution in [1.29, 1.82) is 0 Å². The summed E-state index contributed by atoms with van der Waals surface area (Å²) in [5.74, 6) is -2.13. The SMILES string of the molecule is O=C(CC(=O)C(F)(F)Br)c1ccc(Cl)cc1. The molecular weight excluding hydrogens is 305 g/mol. The van der Waals surface area contributed by atoms with E-state index in [1.807, 2.05) is 15.9 Å². The van der Waals surface area contributed by atoms with E-state index in [0.717, 1.165) is 0 Å². The highest BCUT2D eigenvalue weighted by Crippen LogP contribution is 2.25. The average molecular weight is 312 g/mol. The molecule has 16 heavy (non-hydrogen) atoms. The van der Waals surface area contributed by atoms with Crippen LogP contribution in [-0.4, -0.2) is 16.4 Å². The van der Waals surface area contributed by atoms with Gasteiger partial charge in [-0.15, -0.1) is 0 Å². The Kier molecular flexibility index (Phi) is 4.15. The number of hydrogen-bond acceptors (Lipinski definition) is 2. The summed E-state index contributed by atoms with van der Waals surface area (Å²) >= 11 is 7.49. The third kappa shape index (κ3) is 3.64. The number of alkyl halides is 3. The first-order chi connectivity index (χ1) is 7.30. The molecule has 1 aromatic rings. The molecule has 1 aromatic carbocycles. The van der Waals surface area contributed by atoms with Gasteiger partial charge in [0.25, 0.3) is 0 Å². The van der Waals surface area contributed by atoms with E-state index in [0.29, 0.717) is 5.02 Å². The lowest BCUT2D eigenvalue weighted by molar-refractivity contribution is -0.130. The highest BCUT2D eigenvalue weighted by Gasteiger charge is 2.35. The number of carbonyl (C=O) groups excluding carboxylic acids is 2. The van der Waals surface area contributed by atoms with Crippen LogP contribution in [0.25, 0.3) is 0 Å². The van der Waals surface area contributed by atoms with Gasteiger partial charge in [-0.25, -0.2) is 0 Å². The van der Waals surface area contributed by atoms with Crippen LogP contribution in [0, 0.1) is 0 Å². The molecule has 0 fully saturated rings. The van der Waals surface area contributed by atoms with Crippen molar-refractivity contribution in [3.8, 4) is 0 Å². The molecule has 1 rings (SSSR count). The Hall–Kier alpha value is -0.810. The molecule has 0 radical (unpaired) electrons. The second kappa shape index (κ2) is 5.01. The molecule has 6 heteroatoms. The number of halogens is 4. The van der Waals surface area contributed by atoms with Crippen molar-refractivity contribution in [2.75, 3.05) is 0 Å². The number of carbonyl (C=O) groups is 2. The summed E-state index contributed by atoms with van der Waals surface area (Å²) in [7, 11) is 0. The predicted octanol–water partition coefficient (Wildman–Crippen LogP) is 3.47. The monoisotopic (exact) mass is 310 g/mol. The van der Waals surface area contributed by atoms with Crippen LogP contribution in [0.5, 0.6) is 0 Å². The highest BCUT2D eigenvalue weighted by atomic mass is 79.9. The predicted molar refractivity (Wildman–Crippen MR) is 59.3 cm³/mol. The van der Waals surface area contributed by atoms with Crippen LogP contribution in [-0.2, 0) is 4.79 Å². The highest BCUT2D eigenvalue weighted by molar-refractivity contribution is 9.10. The average Bonchev–Trinajstić information content (AvgIpc) is 2.17. The Morgan fingerprint density at radius 1 is 1.25 bits per heavy atom. The maximum absolute atomic E-state index is 12.4. The van der Waals surface area contributed by atoms with E-state index in [2.05, 4.69) is 0 Å². The molecule has 0 saturated carbocycles. The molecule has 0 atom stereocenters. The number of rotatable bonds is 4. The molecule has 0 unspecified atom stereocenters. The van der Waals surface area contributed by atoms with Crippen LogP contribution >= 0.6 is 27.5 Å². The van der Waals surface area contributed by atoms with Crippen molar-refractivity contribution >= 4 is 39.1 Å². The fraction of sp³-hybridized carbons (Fsp3) is 0.200. The first kappa shape index (κ1) is 13.3. The van der Waals surface area contributed by atoms with Gasteiger partial charge in [0.05, 0.1) is 6.42 Å². The fourth-order valence-corrected chi connectivity index (χ4v) is 1.25. The van der Waals surface area contributed by atoms with Gasteiger partial charge in [-0.05, 0) is 40.2 Å². The third-order valence-corrected chi connectivity index (χ3v) is 2.50. The first-order valence-electron chi connectivity index (χ1n) is 4.19. The van der Waals surface area contributed by atoms with Crippen molar-refractivity contribution in [2.24, 2.45) is 0 Å². The van der Waals surface area contributed by atoms with Crippen molar-refractivity contribution in [3.05, 3.63) is 34.9 Å². The second-order valence-electron chi connectivity index (χ2n) is 3.03. The molecule has 0 heterocycles. The number of benzene rings is 1. The maximum atomic E-state index is 12.4. The Bertz CT molecular complexity index is 412. The standard InChI is InChI=1S/C10H6BrClF2O2/c11-10(13,14)9(16)5-8(15)6-1-3-7(12)4-2-6/h1-4H,5H2. The molecule has 86 valence electrons. The van der Waals surface area contributed by atoms with E-state index in [1.165, 1.54) is 24.3 Å². The Labute approximate surface area is 104 Å². The lowest BCUT2D eigenvalue weighted by atomic mass is 10.1. The minimum Gasteiger partial charge on any atom is -0.294 e. The van der Waals surface area contributed by atoms with E-state index in [1.54, 1.807) is 0 Å². The quantitative estimate of drug-likeness (QED) is 0.485. The first-order valence-corrected chi connectivity index (χ1v) is 5.36. The summed E-state index contributed by atoms with van der Waals surface area (Å²) in [6.07, 6.45) is -0.847. The molecule has 0 aromatic heterocycles. The number of ketones is 2. The smallest absolute Gasteiger partial charge is 0.294 e. The van der Waals surface area contributed by atoms with Crippen molar-refractivity contribution in [1.82, 2.24) is 0 Å². The van der Waals surface area contributed by atoms with Gasteiger partial charge in [-0.2, -0.15) is 8.78 Å². The lowest BCUT2D eigenvalue weighted by Gasteiger charge is -2.06. The zero-order valence-electron chi connectivity index (χ0n) is 7.84. The molecule has 0 spiro atoms. The second-order valence-corrected chi connectivity index (χ2v) is 4.46. The third-order valence-electron chi connectivity index (χ3n) is 1.80. The molecule has 0 aliphatic carbocycles. The van der Waals surface area contributed by atoms with Crippen LogP contribution in [0.2, 0.25) is 5.02 Å². The van der Waals surface area contributed by atoms with Crippen molar-refractivity contribution in [2.45, 2.75) is 11.3 Å². The van der Waals surface area contributed by atoms with Crippen LogP contribution < -0.4 is 0 Å². The van der Waals surface area contributed by atoms with Gasteiger partial charge >= 0.3 is 4.83 Å². The summed E-state index contributed by atoms with van der Waals surface area (Å²) in [6, 6.07) is 5.66. The lowest BCUT2D eigenvalue weighted by Crippen LogP contribution is -2.23. The minimum absolute atomic E-state index is 0.175. The molecule has 0 N–H and O–H groups in total. The van der Waals surface area contributed by atoms with E-state index in [-0.39, 0.29) is 5.56 Å². The molecular formula is C10H6BrClF2O2. The normalized spacial score (nSPS) is 11.2. The Morgan fingerprint density at radius 2 is 1.75 bits per heavy atom. The van der Waals surface area contributed by atoms with Gasteiger partial charge in [0.1, 0.15) is 0 Å². The zero-order valence-corrected chi connectivity index (χ0v) is 10.2. The summed E-state index contributed by atoms with van der Waals surface area (Å²) in [5.41, 5.74) is 0.175. The maximum Gasteiger partial charge on any atom is 0.359 e. The van der Waals surface area contributed by atoms with Gasteiger partial charge < -0.3 is 0 Å².